The molecule has 2 aromatic carbocycles. The zero-order valence-corrected chi connectivity index (χ0v) is 17.7. The second-order valence-corrected chi connectivity index (χ2v) is 7.60. The molecule has 0 atom stereocenters. The van der Waals surface area contributed by atoms with Crippen molar-refractivity contribution in [3.8, 4) is 23.5 Å². The Labute approximate surface area is 184 Å². The van der Waals surface area contributed by atoms with Crippen LogP contribution >= 0.6 is 11.3 Å². The number of benzene rings is 2. The molecule has 154 valence electrons. The topological polar surface area (TPSA) is 76.1 Å². The maximum absolute atomic E-state index is 12.5. The molecular weight excluding hydrogens is 408 g/mol. The molecule has 0 saturated heterocycles. The van der Waals surface area contributed by atoms with Crippen molar-refractivity contribution in [2.75, 3.05) is 24.3 Å². The van der Waals surface area contributed by atoms with Crippen molar-refractivity contribution in [2.24, 2.45) is 0 Å². The minimum atomic E-state index is -0.203. The van der Waals surface area contributed by atoms with Crippen molar-refractivity contribution in [1.29, 1.82) is 0 Å². The van der Waals surface area contributed by atoms with Crippen molar-refractivity contribution in [2.45, 2.75) is 6.61 Å². The molecule has 0 radical (unpaired) electrons. The average Bonchev–Trinajstić information content (AvgIpc) is 3.22. The van der Waals surface area contributed by atoms with Gasteiger partial charge in [0.05, 0.1) is 11.9 Å². The lowest BCUT2D eigenvalue weighted by Crippen LogP contribution is -2.22. The average molecular weight is 429 g/mol. The number of terminal acetylenes is 1. The zero-order chi connectivity index (χ0) is 21.6. The van der Waals surface area contributed by atoms with Crippen molar-refractivity contribution in [3.63, 3.8) is 0 Å². The van der Waals surface area contributed by atoms with Crippen LogP contribution in [0.3, 0.4) is 0 Å². The fraction of sp³-hybridized carbons (Fsp3) is 0.125. The van der Waals surface area contributed by atoms with Gasteiger partial charge in [0.25, 0.3) is 0 Å². The van der Waals surface area contributed by atoms with Crippen molar-refractivity contribution in [3.05, 3.63) is 71.4 Å². The van der Waals surface area contributed by atoms with Crippen LogP contribution in [0.5, 0.6) is 0 Å². The number of fused-ring (bicyclic) bond motifs is 1. The smallest absolute Gasteiger partial charge is 0.243 e. The molecule has 0 spiro atoms. The third-order valence-corrected chi connectivity index (χ3v) is 5.44. The molecule has 0 aliphatic heterocycles. The number of anilines is 2. The normalized spacial score (nSPS) is 10.6. The van der Waals surface area contributed by atoms with Gasteiger partial charge in [-0.1, -0.05) is 42.3 Å². The maximum atomic E-state index is 12.5. The van der Waals surface area contributed by atoms with E-state index in [1.165, 1.54) is 11.3 Å². The second-order valence-electron chi connectivity index (χ2n) is 6.74. The number of nitrogens with zero attached hydrogens (tertiary/aromatic N) is 2. The van der Waals surface area contributed by atoms with Crippen LogP contribution in [0.2, 0.25) is 0 Å². The van der Waals surface area contributed by atoms with Gasteiger partial charge in [-0.05, 0) is 23.8 Å². The van der Waals surface area contributed by atoms with E-state index >= 15 is 0 Å². The molecule has 0 fully saturated rings. The van der Waals surface area contributed by atoms with E-state index in [9.17, 15) is 4.79 Å². The maximum Gasteiger partial charge on any atom is 0.243 e. The van der Waals surface area contributed by atoms with Crippen molar-refractivity contribution >= 4 is 39.0 Å². The molecule has 1 amide bonds. The Morgan fingerprint density at radius 3 is 2.77 bits per heavy atom. The molecule has 0 bridgehead atoms. The van der Waals surface area contributed by atoms with Gasteiger partial charge < -0.3 is 15.4 Å². The summed E-state index contributed by atoms with van der Waals surface area (Å²) in [6, 6.07) is 17.2. The fourth-order valence-electron chi connectivity index (χ4n) is 3.19. The molecule has 6 nitrogen and oxygen atoms in total. The summed E-state index contributed by atoms with van der Waals surface area (Å²) in [5.41, 5.74) is 3.44. The van der Waals surface area contributed by atoms with Crippen molar-refractivity contribution < 1.29 is 9.53 Å². The first-order chi connectivity index (χ1) is 15.2. The molecule has 31 heavy (non-hydrogen) atoms. The predicted octanol–water partition coefficient (Wildman–Crippen LogP) is 4.54. The van der Waals surface area contributed by atoms with E-state index in [2.05, 4.69) is 31.9 Å². The summed E-state index contributed by atoms with van der Waals surface area (Å²) in [5.74, 6) is 3.52. The SMILES string of the molecule is C#Cc1cccc(NC(=O)CNc2nc(COC)nc3scc(-c4ccccc4)c23)c1. The number of aromatic nitrogens is 2. The largest absolute Gasteiger partial charge is 0.377 e. The first kappa shape index (κ1) is 20.5. The fourth-order valence-corrected chi connectivity index (χ4v) is 4.16. The Balaban J connectivity index is 1.61. The van der Waals surface area contributed by atoms with E-state index in [0.29, 0.717) is 22.9 Å². The van der Waals surface area contributed by atoms with E-state index < -0.39 is 0 Å². The van der Waals surface area contributed by atoms with E-state index in [1.54, 1.807) is 25.3 Å². The lowest BCUT2D eigenvalue weighted by atomic mass is 10.1. The van der Waals surface area contributed by atoms with Gasteiger partial charge in [0.2, 0.25) is 5.91 Å². The van der Waals surface area contributed by atoms with Crippen LogP contribution in [-0.4, -0.2) is 29.5 Å². The molecule has 4 aromatic rings. The second kappa shape index (κ2) is 9.39. The minimum Gasteiger partial charge on any atom is -0.377 e. The highest BCUT2D eigenvalue weighted by Crippen LogP contribution is 2.36. The van der Waals surface area contributed by atoms with E-state index in [-0.39, 0.29) is 19.1 Å². The number of hydrogen-bond donors (Lipinski definition) is 2. The number of carbonyl (C=O) groups is 1. The van der Waals surface area contributed by atoms with Gasteiger partial charge in [0, 0.05) is 29.3 Å². The summed E-state index contributed by atoms with van der Waals surface area (Å²) in [7, 11) is 1.60. The molecular formula is C24H20N4O2S. The van der Waals surface area contributed by atoms with Gasteiger partial charge in [0.15, 0.2) is 5.82 Å². The highest BCUT2D eigenvalue weighted by molar-refractivity contribution is 7.17. The van der Waals surface area contributed by atoms with Crippen LogP contribution in [0, 0.1) is 12.3 Å². The molecule has 0 aliphatic rings. The number of methoxy groups -OCH3 is 1. The quantitative estimate of drug-likeness (QED) is 0.423. The number of ether oxygens (including phenoxy) is 1. The summed E-state index contributed by atoms with van der Waals surface area (Å²) >= 11 is 1.54. The molecule has 2 N–H and O–H groups in total. The summed E-state index contributed by atoms with van der Waals surface area (Å²) in [6.07, 6.45) is 5.43. The van der Waals surface area contributed by atoms with Crippen LogP contribution < -0.4 is 10.6 Å². The Morgan fingerprint density at radius 1 is 1.16 bits per heavy atom. The zero-order valence-electron chi connectivity index (χ0n) is 16.9. The van der Waals surface area contributed by atoms with Crippen LogP contribution in [0.4, 0.5) is 11.5 Å². The highest BCUT2D eigenvalue weighted by atomic mass is 32.1. The Hall–Kier alpha value is -3.73. The predicted molar refractivity (Wildman–Crippen MR) is 125 cm³/mol. The summed E-state index contributed by atoms with van der Waals surface area (Å²) < 4.78 is 5.21. The Kier molecular flexibility index (Phi) is 6.22. The molecule has 2 heterocycles. The van der Waals surface area contributed by atoms with Gasteiger partial charge in [0.1, 0.15) is 17.3 Å². The van der Waals surface area contributed by atoms with Gasteiger partial charge in [-0.25, -0.2) is 9.97 Å². The molecule has 0 unspecified atom stereocenters. The van der Waals surface area contributed by atoms with E-state index in [0.717, 1.165) is 21.3 Å². The Morgan fingerprint density at radius 2 is 2.00 bits per heavy atom. The molecule has 4 rings (SSSR count). The van der Waals surface area contributed by atoms with E-state index in [1.807, 2.05) is 36.4 Å². The number of hydrogen-bond acceptors (Lipinski definition) is 6. The van der Waals surface area contributed by atoms with Crippen LogP contribution in [-0.2, 0) is 16.1 Å². The molecule has 2 aromatic heterocycles. The molecule has 0 aliphatic carbocycles. The number of carbonyl (C=O) groups excluding carboxylic acids is 1. The number of thiophene rings is 1. The lowest BCUT2D eigenvalue weighted by Gasteiger charge is -2.11. The molecule has 0 saturated carbocycles. The first-order valence-electron chi connectivity index (χ1n) is 9.61. The standard InChI is InChI=1S/C24H20N4O2S/c1-3-16-8-7-11-18(12-16)26-21(29)13-25-23-22-19(17-9-5-4-6-10-17)15-31-24(22)28-20(27-23)14-30-2/h1,4-12,15H,13-14H2,2H3,(H,26,29)(H,25,27,28). The van der Waals surface area contributed by atoms with Gasteiger partial charge in [-0.15, -0.1) is 17.8 Å². The third kappa shape index (κ3) is 4.72. The third-order valence-electron chi connectivity index (χ3n) is 4.57. The van der Waals surface area contributed by atoms with Crippen molar-refractivity contribution in [1.82, 2.24) is 9.97 Å². The van der Waals surface area contributed by atoms with Crippen LogP contribution in [0.1, 0.15) is 11.4 Å². The van der Waals surface area contributed by atoms with Crippen LogP contribution in [0.15, 0.2) is 60.0 Å². The summed E-state index contributed by atoms with van der Waals surface area (Å²) in [5, 5.41) is 8.98. The van der Waals surface area contributed by atoms with E-state index in [4.69, 9.17) is 11.2 Å². The molecule has 7 heteroatoms. The van der Waals surface area contributed by atoms with Gasteiger partial charge in [-0.2, -0.15) is 0 Å². The van der Waals surface area contributed by atoms with Gasteiger partial charge >= 0.3 is 0 Å². The van der Waals surface area contributed by atoms with Crippen LogP contribution in [0.25, 0.3) is 21.3 Å². The minimum absolute atomic E-state index is 0.0445. The number of nitrogens with one attached hydrogen (secondary N) is 2. The highest BCUT2D eigenvalue weighted by Gasteiger charge is 2.16. The van der Waals surface area contributed by atoms with Gasteiger partial charge in [-0.3, -0.25) is 4.79 Å². The number of rotatable bonds is 7. The Bertz CT molecular complexity index is 1260. The summed E-state index contributed by atoms with van der Waals surface area (Å²) in [4.78, 5) is 22.6. The summed E-state index contributed by atoms with van der Waals surface area (Å²) in [6.45, 7) is 0.331. The lowest BCUT2D eigenvalue weighted by molar-refractivity contribution is -0.114. The monoisotopic (exact) mass is 428 g/mol. The number of amides is 1. The first-order valence-corrected chi connectivity index (χ1v) is 10.5.